The van der Waals surface area contributed by atoms with Crippen LogP contribution in [0.1, 0.15) is 74.9 Å². The smallest absolute Gasteiger partial charge is 0.405 e. The molecule has 2 N–H and O–H groups in total. The molecule has 240 valence electrons. The van der Waals surface area contributed by atoms with Gasteiger partial charge in [-0.25, -0.2) is 19.4 Å². The number of benzene rings is 1. The summed E-state index contributed by atoms with van der Waals surface area (Å²) < 4.78 is 8.56. The SMILES string of the molecule is CC(C)(C[C@@H]1c2ccccc2CC12CCN(c1nc3c(nc1Br)c(N1CCCc4ncccc41)nn3C1CCO1)CC2)NC(=O)O. The van der Waals surface area contributed by atoms with Gasteiger partial charge >= 0.3 is 6.09 Å². The van der Waals surface area contributed by atoms with E-state index in [0.29, 0.717) is 11.2 Å². The van der Waals surface area contributed by atoms with Gasteiger partial charge in [-0.1, -0.05) is 24.3 Å². The molecule has 2 atom stereocenters. The second kappa shape index (κ2) is 11.2. The van der Waals surface area contributed by atoms with Gasteiger partial charge in [-0.15, -0.1) is 5.10 Å². The van der Waals surface area contributed by atoms with Crippen molar-refractivity contribution in [3.05, 3.63) is 64.0 Å². The average molecular weight is 688 g/mol. The minimum absolute atomic E-state index is 0.0616. The number of aromatic nitrogens is 5. The Bertz CT molecular complexity index is 1810. The number of rotatable bonds is 6. The van der Waals surface area contributed by atoms with Crippen molar-refractivity contribution in [1.29, 1.82) is 0 Å². The van der Waals surface area contributed by atoms with E-state index < -0.39 is 11.6 Å². The lowest BCUT2D eigenvalue weighted by atomic mass is 9.66. The second-order valence-electron chi connectivity index (χ2n) is 13.9. The van der Waals surface area contributed by atoms with Gasteiger partial charge < -0.3 is 25.0 Å². The van der Waals surface area contributed by atoms with E-state index in [9.17, 15) is 9.90 Å². The Morgan fingerprint density at radius 1 is 1.13 bits per heavy atom. The number of carboxylic acid groups (broad SMARTS) is 1. The van der Waals surface area contributed by atoms with Crippen LogP contribution >= 0.6 is 15.9 Å². The van der Waals surface area contributed by atoms with Gasteiger partial charge in [0.1, 0.15) is 4.60 Å². The molecule has 0 saturated carbocycles. The van der Waals surface area contributed by atoms with E-state index in [1.165, 1.54) is 11.1 Å². The fourth-order valence-corrected chi connectivity index (χ4v) is 8.77. The first-order chi connectivity index (χ1) is 22.2. The molecule has 0 radical (unpaired) electrons. The lowest BCUT2D eigenvalue weighted by Gasteiger charge is -2.45. The number of nitrogens with zero attached hydrogens (tertiary/aromatic N) is 7. The van der Waals surface area contributed by atoms with Crippen molar-refractivity contribution in [3.63, 3.8) is 0 Å². The zero-order valence-corrected chi connectivity index (χ0v) is 27.8. The van der Waals surface area contributed by atoms with Gasteiger partial charge in [-0.3, -0.25) is 4.98 Å². The Morgan fingerprint density at radius 3 is 2.70 bits per heavy atom. The summed E-state index contributed by atoms with van der Waals surface area (Å²) in [4.78, 5) is 31.2. The maximum absolute atomic E-state index is 11.6. The second-order valence-corrected chi connectivity index (χ2v) is 14.7. The summed E-state index contributed by atoms with van der Waals surface area (Å²) in [5.74, 6) is 1.89. The molecule has 4 aromatic rings. The molecular formula is C34H39BrN8O3. The molecule has 6 heterocycles. The van der Waals surface area contributed by atoms with Crippen LogP contribution < -0.4 is 15.1 Å². The van der Waals surface area contributed by atoms with Crippen LogP contribution in [0, 0.1) is 5.41 Å². The first-order valence-corrected chi connectivity index (χ1v) is 17.1. The summed E-state index contributed by atoms with van der Waals surface area (Å²) in [7, 11) is 0. The average Bonchev–Trinajstić information content (AvgIpc) is 3.50. The maximum Gasteiger partial charge on any atom is 0.405 e. The van der Waals surface area contributed by atoms with Gasteiger partial charge in [0.2, 0.25) is 0 Å². The molecule has 1 aromatic carbocycles. The largest absolute Gasteiger partial charge is 0.465 e. The minimum atomic E-state index is -0.977. The van der Waals surface area contributed by atoms with Crippen LogP contribution in [0.2, 0.25) is 0 Å². The van der Waals surface area contributed by atoms with E-state index >= 15 is 0 Å². The van der Waals surface area contributed by atoms with Crippen LogP contribution in [0.5, 0.6) is 0 Å². The van der Waals surface area contributed by atoms with Gasteiger partial charge in [0.05, 0.1) is 18.0 Å². The zero-order valence-electron chi connectivity index (χ0n) is 26.2. The third-order valence-electron chi connectivity index (χ3n) is 10.5. The molecule has 1 spiro atoms. The van der Waals surface area contributed by atoms with Crippen LogP contribution in [-0.2, 0) is 17.6 Å². The number of fused-ring (bicyclic) bond motifs is 3. The zero-order chi connectivity index (χ0) is 31.6. The molecule has 2 fully saturated rings. The molecule has 3 aromatic heterocycles. The summed E-state index contributed by atoms with van der Waals surface area (Å²) >= 11 is 3.81. The first kappa shape index (κ1) is 29.6. The van der Waals surface area contributed by atoms with Gasteiger partial charge in [0, 0.05) is 37.8 Å². The summed E-state index contributed by atoms with van der Waals surface area (Å²) in [6.45, 7) is 7.22. The number of carbonyl (C=O) groups is 1. The van der Waals surface area contributed by atoms with Crippen LogP contribution in [0.3, 0.4) is 0 Å². The predicted molar refractivity (Wildman–Crippen MR) is 179 cm³/mol. The monoisotopic (exact) mass is 686 g/mol. The Labute approximate surface area is 276 Å². The Morgan fingerprint density at radius 2 is 1.93 bits per heavy atom. The number of hydrogen-bond acceptors (Lipinski definition) is 8. The van der Waals surface area contributed by atoms with Crippen LogP contribution in [0.4, 0.5) is 22.1 Å². The number of piperidine rings is 1. The number of halogens is 1. The van der Waals surface area contributed by atoms with E-state index in [1.54, 1.807) is 0 Å². The van der Waals surface area contributed by atoms with Crippen molar-refractivity contribution in [2.75, 3.05) is 36.0 Å². The molecule has 1 aliphatic carbocycles. The highest BCUT2D eigenvalue weighted by atomic mass is 79.9. The molecule has 2 saturated heterocycles. The number of anilines is 3. The van der Waals surface area contributed by atoms with E-state index in [4.69, 9.17) is 19.8 Å². The fourth-order valence-electron chi connectivity index (χ4n) is 8.25. The van der Waals surface area contributed by atoms with Crippen molar-refractivity contribution in [1.82, 2.24) is 30.0 Å². The quantitative estimate of drug-likeness (QED) is 0.239. The summed E-state index contributed by atoms with van der Waals surface area (Å²) in [6, 6.07) is 12.8. The van der Waals surface area contributed by atoms with Crippen molar-refractivity contribution in [2.45, 2.75) is 76.5 Å². The van der Waals surface area contributed by atoms with E-state index in [1.807, 2.05) is 30.8 Å². The summed E-state index contributed by atoms with van der Waals surface area (Å²) in [5, 5.41) is 17.4. The van der Waals surface area contributed by atoms with Crippen LogP contribution in [0.25, 0.3) is 11.2 Å². The minimum Gasteiger partial charge on any atom is -0.465 e. The van der Waals surface area contributed by atoms with Crippen LogP contribution in [0.15, 0.2) is 47.2 Å². The number of aryl methyl sites for hydroxylation is 1. The van der Waals surface area contributed by atoms with Gasteiger partial charge in [-0.05, 0) is 103 Å². The van der Waals surface area contributed by atoms with Crippen molar-refractivity contribution < 1.29 is 14.6 Å². The number of ether oxygens (including phenoxy) is 1. The molecular weight excluding hydrogens is 648 g/mol. The molecule has 12 heteroatoms. The number of hydrogen-bond donors (Lipinski definition) is 2. The number of amides is 1. The predicted octanol–water partition coefficient (Wildman–Crippen LogP) is 6.35. The number of nitrogens with one attached hydrogen (secondary N) is 1. The Hall–Kier alpha value is -3.77. The van der Waals surface area contributed by atoms with Gasteiger partial charge in [0.25, 0.3) is 0 Å². The maximum atomic E-state index is 11.6. The third kappa shape index (κ3) is 5.00. The molecule has 11 nitrogen and oxygen atoms in total. The molecule has 8 rings (SSSR count). The van der Waals surface area contributed by atoms with Crippen molar-refractivity contribution >= 4 is 50.5 Å². The standard InChI is InChI=1S/C34H39BrN8O3/c1-33(2,39-32(44)45)20-23-22-8-4-3-7-21(22)19-34(23)12-16-41(17-13-34)31-28(35)37-27-29(38-31)43(26-11-18-46-26)40-30(27)42-15-6-9-24-25(42)10-5-14-36-24/h3-5,7-8,10,14,23,26,39H,6,9,11-13,15-20H2,1-2H3,(H,44,45)/t23-,26?/m1/s1. The topological polar surface area (TPSA) is 122 Å². The van der Waals surface area contributed by atoms with E-state index in [-0.39, 0.29) is 17.6 Å². The van der Waals surface area contributed by atoms with Crippen molar-refractivity contribution in [2.24, 2.45) is 5.41 Å². The Kier molecular flexibility index (Phi) is 7.20. The molecule has 1 amide bonds. The highest BCUT2D eigenvalue weighted by Gasteiger charge is 2.49. The molecule has 1 unspecified atom stereocenters. The van der Waals surface area contributed by atoms with Crippen molar-refractivity contribution in [3.8, 4) is 0 Å². The van der Waals surface area contributed by atoms with E-state index in [2.05, 4.69) is 66.4 Å². The third-order valence-corrected chi connectivity index (χ3v) is 11.1. The molecule has 0 bridgehead atoms. The van der Waals surface area contributed by atoms with Gasteiger partial charge in [0.15, 0.2) is 29.0 Å². The lowest BCUT2D eigenvalue weighted by molar-refractivity contribution is -0.104. The summed E-state index contributed by atoms with van der Waals surface area (Å²) in [6.07, 6.45) is 7.29. The molecule has 46 heavy (non-hydrogen) atoms. The first-order valence-electron chi connectivity index (χ1n) is 16.3. The molecule has 3 aliphatic heterocycles. The van der Waals surface area contributed by atoms with E-state index in [0.717, 1.165) is 98.8 Å². The van der Waals surface area contributed by atoms with Gasteiger partial charge in [-0.2, -0.15) is 0 Å². The normalized spacial score (nSPS) is 22.1. The highest BCUT2D eigenvalue weighted by molar-refractivity contribution is 9.10. The Balaban J connectivity index is 1.11. The fraction of sp³-hybridized carbons (Fsp3) is 0.500. The number of pyridine rings is 1. The van der Waals surface area contributed by atoms with Crippen LogP contribution in [-0.4, -0.2) is 67.7 Å². The molecule has 4 aliphatic rings. The lowest BCUT2D eigenvalue weighted by Crippen LogP contribution is -2.48. The summed E-state index contributed by atoms with van der Waals surface area (Å²) in [5.41, 5.74) is 5.93. The highest BCUT2D eigenvalue weighted by Crippen LogP contribution is 2.56.